The monoisotopic (exact) mass is 422 g/mol. The molecule has 0 aliphatic carbocycles. The van der Waals surface area contributed by atoms with E-state index in [9.17, 15) is 4.79 Å². The minimum Gasteiger partial charge on any atom is -0.459 e. The maximum Gasteiger partial charge on any atom is 0.294 e. The molecule has 1 saturated heterocycles. The van der Waals surface area contributed by atoms with E-state index in [-0.39, 0.29) is 11.9 Å². The van der Waals surface area contributed by atoms with Crippen LogP contribution in [-0.4, -0.2) is 36.5 Å². The molecule has 1 aromatic heterocycles. The number of furan rings is 1. The zero-order valence-corrected chi connectivity index (χ0v) is 18.0. The lowest BCUT2D eigenvalue weighted by molar-refractivity contribution is 0.0906. The third kappa shape index (κ3) is 4.61. The fraction of sp³-hybridized carbons (Fsp3) is 0.320. The molecule has 0 radical (unpaired) electrons. The van der Waals surface area contributed by atoms with Gasteiger partial charge in [-0.2, -0.15) is 0 Å². The Labute approximate surface area is 183 Å². The van der Waals surface area contributed by atoms with Crippen molar-refractivity contribution in [1.82, 2.24) is 4.90 Å². The highest BCUT2D eigenvalue weighted by molar-refractivity contribution is 6.34. The van der Waals surface area contributed by atoms with Crippen LogP contribution in [0.2, 0.25) is 5.02 Å². The van der Waals surface area contributed by atoms with Crippen molar-refractivity contribution in [3.63, 3.8) is 0 Å². The van der Waals surface area contributed by atoms with E-state index in [1.54, 1.807) is 12.1 Å². The van der Waals surface area contributed by atoms with Crippen molar-refractivity contribution in [1.29, 1.82) is 0 Å². The van der Waals surface area contributed by atoms with Gasteiger partial charge >= 0.3 is 0 Å². The molecule has 0 bridgehead atoms. The molecular formula is C25H27ClN2O2. The Morgan fingerprint density at radius 1 is 1.10 bits per heavy atom. The SMILES string of the molecule is C[C@H]1CN(CCc2ccccc2)CC[C@H]1N(C(=O)c1ccco1)c1ccccc1Cl. The summed E-state index contributed by atoms with van der Waals surface area (Å²) in [6.45, 7) is 5.15. The van der Waals surface area contributed by atoms with Crippen LogP contribution >= 0.6 is 11.6 Å². The van der Waals surface area contributed by atoms with E-state index in [1.807, 2.05) is 29.2 Å². The Kier molecular flexibility index (Phi) is 6.56. The van der Waals surface area contributed by atoms with Crippen LogP contribution in [-0.2, 0) is 6.42 Å². The fourth-order valence-electron chi connectivity index (χ4n) is 4.34. The summed E-state index contributed by atoms with van der Waals surface area (Å²) in [6.07, 6.45) is 3.47. The fourth-order valence-corrected chi connectivity index (χ4v) is 4.57. The van der Waals surface area contributed by atoms with Gasteiger partial charge in [0.1, 0.15) is 0 Å². The summed E-state index contributed by atoms with van der Waals surface area (Å²) in [4.78, 5) is 17.7. The molecule has 30 heavy (non-hydrogen) atoms. The number of nitrogens with zero attached hydrogens (tertiary/aromatic N) is 2. The quantitative estimate of drug-likeness (QED) is 0.523. The van der Waals surface area contributed by atoms with Gasteiger partial charge in [-0.15, -0.1) is 0 Å². The van der Waals surface area contributed by atoms with E-state index in [1.165, 1.54) is 11.8 Å². The number of anilines is 1. The van der Waals surface area contributed by atoms with Crippen molar-refractivity contribution >= 4 is 23.2 Å². The van der Waals surface area contributed by atoms with E-state index in [4.69, 9.17) is 16.0 Å². The molecule has 0 unspecified atom stereocenters. The van der Waals surface area contributed by atoms with Crippen LogP contribution in [0.3, 0.4) is 0 Å². The summed E-state index contributed by atoms with van der Waals surface area (Å²) in [5, 5.41) is 0.580. The smallest absolute Gasteiger partial charge is 0.294 e. The Hall–Kier alpha value is -2.56. The number of benzene rings is 2. The van der Waals surface area contributed by atoms with Crippen molar-refractivity contribution in [2.75, 3.05) is 24.5 Å². The summed E-state index contributed by atoms with van der Waals surface area (Å²) in [5.74, 6) is 0.515. The van der Waals surface area contributed by atoms with E-state index >= 15 is 0 Å². The molecule has 2 aromatic carbocycles. The zero-order valence-electron chi connectivity index (χ0n) is 17.2. The molecule has 0 N–H and O–H groups in total. The van der Waals surface area contributed by atoms with Crippen LogP contribution in [0.5, 0.6) is 0 Å². The molecule has 0 spiro atoms. The first-order chi connectivity index (χ1) is 14.6. The van der Waals surface area contributed by atoms with Gasteiger partial charge in [-0.25, -0.2) is 0 Å². The summed E-state index contributed by atoms with van der Waals surface area (Å²) in [7, 11) is 0. The highest BCUT2D eigenvalue weighted by atomic mass is 35.5. The van der Waals surface area contributed by atoms with E-state index < -0.39 is 0 Å². The lowest BCUT2D eigenvalue weighted by atomic mass is 9.91. The van der Waals surface area contributed by atoms with Gasteiger partial charge in [-0.3, -0.25) is 4.79 Å². The summed E-state index contributed by atoms with van der Waals surface area (Å²) in [5.41, 5.74) is 2.10. The normalized spacial score (nSPS) is 19.5. The molecule has 5 heteroatoms. The van der Waals surface area contributed by atoms with Crippen LogP contribution in [0, 0.1) is 5.92 Å². The number of para-hydroxylation sites is 1. The molecule has 4 rings (SSSR count). The second kappa shape index (κ2) is 9.50. The average Bonchev–Trinajstić information content (AvgIpc) is 3.31. The average molecular weight is 423 g/mol. The minimum absolute atomic E-state index is 0.0653. The second-order valence-electron chi connectivity index (χ2n) is 7.97. The number of rotatable bonds is 6. The van der Waals surface area contributed by atoms with Gasteiger partial charge in [-0.1, -0.05) is 61.0 Å². The standard InChI is InChI=1S/C25H27ClN2O2/c1-19-18-27(15-13-20-8-3-2-4-9-20)16-14-22(19)28(23-11-6-5-10-21(23)26)25(29)24-12-7-17-30-24/h2-12,17,19,22H,13-16,18H2,1H3/t19-,22+/m0/s1. The molecule has 1 aliphatic heterocycles. The van der Waals surface area contributed by atoms with Gasteiger partial charge in [0.15, 0.2) is 5.76 Å². The summed E-state index contributed by atoms with van der Waals surface area (Å²) < 4.78 is 5.43. The lowest BCUT2D eigenvalue weighted by Crippen LogP contribution is -2.52. The Morgan fingerprint density at radius 3 is 2.57 bits per heavy atom. The van der Waals surface area contributed by atoms with Crippen molar-refractivity contribution < 1.29 is 9.21 Å². The number of halogens is 1. The number of amides is 1. The molecule has 1 amide bonds. The maximum atomic E-state index is 13.4. The highest BCUT2D eigenvalue weighted by Crippen LogP contribution is 2.33. The number of hydrogen-bond acceptors (Lipinski definition) is 3. The number of piperidine rings is 1. The first-order valence-electron chi connectivity index (χ1n) is 10.5. The Balaban J connectivity index is 1.50. The van der Waals surface area contributed by atoms with Crippen LogP contribution in [0.15, 0.2) is 77.4 Å². The number of carbonyl (C=O) groups is 1. The van der Waals surface area contributed by atoms with E-state index in [0.29, 0.717) is 16.7 Å². The third-order valence-corrected chi connectivity index (χ3v) is 6.22. The van der Waals surface area contributed by atoms with Gasteiger partial charge in [0.2, 0.25) is 0 Å². The first-order valence-corrected chi connectivity index (χ1v) is 10.9. The highest BCUT2D eigenvalue weighted by Gasteiger charge is 2.36. The molecule has 0 saturated carbocycles. The topological polar surface area (TPSA) is 36.7 Å². The predicted molar refractivity (Wildman–Crippen MR) is 121 cm³/mol. The van der Waals surface area contributed by atoms with Gasteiger partial charge in [0, 0.05) is 25.7 Å². The largest absolute Gasteiger partial charge is 0.459 e. The van der Waals surface area contributed by atoms with E-state index in [2.05, 4.69) is 42.2 Å². The number of likely N-dealkylation sites (tertiary alicyclic amines) is 1. The molecule has 156 valence electrons. The van der Waals surface area contributed by atoms with Gasteiger partial charge in [-0.05, 0) is 48.6 Å². The lowest BCUT2D eigenvalue weighted by Gasteiger charge is -2.42. The van der Waals surface area contributed by atoms with Crippen molar-refractivity contribution in [2.45, 2.75) is 25.8 Å². The van der Waals surface area contributed by atoms with Gasteiger partial charge in [0.05, 0.1) is 17.0 Å². The molecular weight excluding hydrogens is 396 g/mol. The van der Waals surface area contributed by atoms with Crippen LogP contribution in [0.25, 0.3) is 0 Å². The molecule has 4 nitrogen and oxygen atoms in total. The number of hydrogen-bond donors (Lipinski definition) is 0. The second-order valence-corrected chi connectivity index (χ2v) is 8.38. The molecule has 3 aromatic rings. The molecule has 1 fully saturated rings. The maximum absolute atomic E-state index is 13.4. The predicted octanol–water partition coefficient (Wildman–Crippen LogP) is 5.53. The minimum atomic E-state index is -0.136. The Morgan fingerprint density at radius 2 is 1.87 bits per heavy atom. The van der Waals surface area contributed by atoms with Crippen molar-refractivity contribution in [2.24, 2.45) is 5.92 Å². The van der Waals surface area contributed by atoms with Gasteiger partial charge < -0.3 is 14.2 Å². The summed E-state index contributed by atoms with van der Waals surface area (Å²) >= 11 is 6.50. The molecule has 2 atom stereocenters. The van der Waals surface area contributed by atoms with Gasteiger partial charge in [0.25, 0.3) is 5.91 Å². The number of carbonyl (C=O) groups excluding carboxylic acids is 1. The van der Waals surface area contributed by atoms with E-state index in [0.717, 1.165) is 38.2 Å². The third-order valence-electron chi connectivity index (χ3n) is 5.90. The van der Waals surface area contributed by atoms with Crippen LogP contribution < -0.4 is 4.90 Å². The Bertz CT molecular complexity index is 958. The van der Waals surface area contributed by atoms with Crippen molar-refractivity contribution in [3.05, 3.63) is 89.3 Å². The summed E-state index contributed by atoms with van der Waals surface area (Å²) in [6, 6.07) is 21.7. The van der Waals surface area contributed by atoms with Crippen LogP contribution in [0.4, 0.5) is 5.69 Å². The molecule has 2 heterocycles. The van der Waals surface area contributed by atoms with Crippen LogP contribution in [0.1, 0.15) is 29.5 Å². The molecule has 1 aliphatic rings. The van der Waals surface area contributed by atoms with Crippen molar-refractivity contribution in [3.8, 4) is 0 Å². The zero-order chi connectivity index (χ0) is 20.9. The first kappa shape index (κ1) is 20.7.